The van der Waals surface area contributed by atoms with Crippen molar-refractivity contribution >= 4 is 23.7 Å². The van der Waals surface area contributed by atoms with E-state index >= 15 is 0 Å². The number of hydrogen-bond acceptors (Lipinski definition) is 5. The Balaban J connectivity index is 2.83. The molecule has 31 heavy (non-hydrogen) atoms. The zero-order valence-electron chi connectivity index (χ0n) is 19.6. The number of hydrogen-bond donors (Lipinski definition) is 2. The minimum absolute atomic E-state index is 0.0786. The summed E-state index contributed by atoms with van der Waals surface area (Å²) in [7, 11) is 1.61. The summed E-state index contributed by atoms with van der Waals surface area (Å²) in [6.45, 7) is 11.2. The number of ketones is 1. The van der Waals surface area contributed by atoms with Gasteiger partial charge in [0.1, 0.15) is 17.3 Å². The van der Waals surface area contributed by atoms with Crippen LogP contribution in [0.5, 0.6) is 11.5 Å². The average molecular weight is 451 g/mol. The summed E-state index contributed by atoms with van der Waals surface area (Å²) in [5.74, 6) is -0.275. The number of ether oxygens (including phenoxy) is 1. The predicted octanol–water partition coefficient (Wildman–Crippen LogP) is 6.11. The Hall–Kier alpha value is -2.11. The Kier molecular flexibility index (Phi) is 9.98. The largest absolute Gasteiger partial charge is 0.507 e. The van der Waals surface area contributed by atoms with Crippen LogP contribution in [0.1, 0.15) is 75.4 Å². The molecule has 0 radical (unpaired) electrons. The predicted molar refractivity (Wildman–Crippen MR) is 125 cm³/mol. The van der Waals surface area contributed by atoms with E-state index in [1.807, 2.05) is 40.7 Å². The highest BCUT2D eigenvalue weighted by Crippen LogP contribution is 2.40. The number of phenolic OH excluding ortho intramolecular Hbond substituents is 2. The highest BCUT2D eigenvalue weighted by Gasteiger charge is 2.25. The van der Waals surface area contributed by atoms with Gasteiger partial charge in [-0.2, -0.15) is 0 Å². The maximum absolute atomic E-state index is 12.3. The fraction of sp³-hybridized carbons (Fsp3) is 0.520. The van der Waals surface area contributed by atoms with Gasteiger partial charge in [0, 0.05) is 24.5 Å². The maximum atomic E-state index is 12.3. The lowest BCUT2D eigenvalue weighted by atomic mass is 9.86. The Labute approximate surface area is 190 Å². The molecule has 0 fully saturated rings. The van der Waals surface area contributed by atoms with E-state index in [0.717, 1.165) is 24.0 Å². The summed E-state index contributed by atoms with van der Waals surface area (Å²) in [5.41, 5.74) is 2.38. The number of methoxy groups -OCH3 is 1. The molecule has 0 spiro atoms. The number of Topliss-reactive ketones (excluding diaryl/α,β-unsaturated/α-hetero) is 1. The van der Waals surface area contributed by atoms with E-state index in [0.29, 0.717) is 18.3 Å². The minimum Gasteiger partial charge on any atom is -0.507 e. The smallest absolute Gasteiger partial charge is 0.154 e. The number of aldehydes is 1. The van der Waals surface area contributed by atoms with E-state index in [-0.39, 0.29) is 46.0 Å². The van der Waals surface area contributed by atoms with Gasteiger partial charge >= 0.3 is 0 Å². The van der Waals surface area contributed by atoms with E-state index in [9.17, 15) is 19.8 Å². The average Bonchev–Trinajstić information content (AvgIpc) is 2.69. The molecule has 0 aliphatic rings. The number of carbonyl (C=O) groups excluding carboxylic acids is 2. The third-order valence-electron chi connectivity index (χ3n) is 5.55. The summed E-state index contributed by atoms with van der Waals surface area (Å²) < 4.78 is 5.51. The normalized spacial score (nSPS) is 13.9. The minimum atomic E-state index is -0.393. The third kappa shape index (κ3) is 7.22. The number of rotatable bonds is 10. The molecule has 2 N–H and O–H groups in total. The summed E-state index contributed by atoms with van der Waals surface area (Å²) in [4.78, 5) is 23.6. The van der Waals surface area contributed by atoms with E-state index in [1.165, 1.54) is 0 Å². The van der Waals surface area contributed by atoms with E-state index in [4.69, 9.17) is 16.3 Å². The number of allylic oxidation sites excluding steroid dienone is 3. The number of halogens is 1. The van der Waals surface area contributed by atoms with E-state index < -0.39 is 5.41 Å². The zero-order valence-corrected chi connectivity index (χ0v) is 20.4. The third-order valence-corrected chi connectivity index (χ3v) is 6.01. The van der Waals surface area contributed by atoms with Gasteiger partial charge in [0.05, 0.1) is 16.7 Å². The molecule has 1 aromatic carbocycles. The van der Waals surface area contributed by atoms with Crippen LogP contribution < -0.4 is 0 Å². The second kappa shape index (κ2) is 11.5. The van der Waals surface area contributed by atoms with Crippen LogP contribution in [0.3, 0.4) is 0 Å². The standard InChI is InChI=1S/C25H35ClO5/c1-15(9-8-10-16(2)20(31-7)13-21(28)25(4,5)6)11-12-18-23(29)19(14-27)17(3)22(26)24(18)30/h10-11,14,20,29-30H,8-9,12-13H2,1-7H3. The molecule has 1 aromatic rings. The van der Waals surface area contributed by atoms with Crippen LogP contribution in [0.4, 0.5) is 0 Å². The molecule has 0 bridgehead atoms. The van der Waals surface area contributed by atoms with E-state index in [2.05, 4.69) is 6.08 Å². The zero-order chi connectivity index (χ0) is 23.9. The van der Waals surface area contributed by atoms with Crippen LogP contribution in [-0.2, 0) is 16.0 Å². The number of aromatic hydroxyl groups is 2. The van der Waals surface area contributed by atoms with Crippen LogP contribution in [0.25, 0.3) is 0 Å². The highest BCUT2D eigenvalue weighted by molar-refractivity contribution is 6.33. The number of benzene rings is 1. The quantitative estimate of drug-likeness (QED) is 0.332. The summed E-state index contributed by atoms with van der Waals surface area (Å²) in [6, 6.07) is 0. The van der Waals surface area contributed by atoms with Crippen molar-refractivity contribution in [2.24, 2.45) is 5.41 Å². The van der Waals surface area contributed by atoms with Gasteiger partial charge in [-0.05, 0) is 51.2 Å². The first-order valence-electron chi connectivity index (χ1n) is 10.4. The Morgan fingerprint density at radius 3 is 2.29 bits per heavy atom. The molecule has 0 saturated carbocycles. The van der Waals surface area contributed by atoms with Crippen molar-refractivity contribution in [1.82, 2.24) is 0 Å². The topological polar surface area (TPSA) is 83.8 Å². The molecular weight excluding hydrogens is 416 g/mol. The number of carbonyl (C=O) groups is 2. The molecule has 172 valence electrons. The van der Waals surface area contributed by atoms with E-state index in [1.54, 1.807) is 14.0 Å². The van der Waals surface area contributed by atoms with Crippen LogP contribution >= 0.6 is 11.6 Å². The van der Waals surface area contributed by atoms with Crippen molar-refractivity contribution in [3.05, 3.63) is 45.0 Å². The van der Waals surface area contributed by atoms with Gasteiger partial charge in [-0.15, -0.1) is 0 Å². The van der Waals surface area contributed by atoms with Gasteiger partial charge in [0.2, 0.25) is 0 Å². The molecule has 0 aliphatic heterocycles. The van der Waals surface area contributed by atoms with Gasteiger partial charge < -0.3 is 14.9 Å². The lowest BCUT2D eigenvalue weighted by molar-refractivity contribution is -0.128. The van der Waals surface area contributed by atoms with Gasteiger partial charge in [0.15, 0.2) is 6.29 Å². The van der Waals surface area contributed by atoms with Crippen molar-refractivity contribution in [1.29, 1.82) is 0 Å². The summed E-state index contributed by atoms with van der Waals surface area (Å²) in [5, 5.41) is 20.7. The van der Waals surface area contributed by atoms with Gasteiger partial charge in [-0.1, -0.05) is 50.1 Å². The highest BCUT2D eigenvalue weighted by atomic mass is 35.5. The van der Waals surface area contributed by atoms with Crippen molar-refractivity contribution < 1.29 is 24.5 Å². The summed E-state index contributed by atoms with van der Waals surface area (Å²) in [6.07, 6.45) is 6.42. The second-order valence-corrected chi connectivity index (χ2v) is 9.37. The SMILES string of the molecule is COC(CC(=O)C(C)(C)C)C(C)=CCCC(C)=CCc1c(O)c(Cl)c(C)c(C=O)c1O. The number of phenols is 2. The van der Waals surface area contributed by atoms with Crippen molar-refractivity contribution in [3.8, 4) is 11.5 Å². The monoisotopic (exact) mass is 450 g/mol. The van der Waals surface area contributed by atoms with Crippen molar-refractivity contribution in [3.63, 3.8) is 0 Å². The molecule has 0 aromatic heterocycles. The molecule has 0 aliphatic carbocycles. The van der Waals surface area contributed by atoms with Gasteiger partial charge in [-0.25, -0.2) is 0 Å². The fourth-order valence-electron chi connectivity index (χ4n) is 3.16. The van der Waals surface area contributed by atoms with Crippen molar-refractivity contribution in [2.45, 2.75) is 73.3 Å². The lowest BCUT2D eigenvalue weighted by Gasteiger charge is -2.22. The lowest BCUT2D eigenvalue weighted by Crippen LogP contribution is -2.26. The Morgan fingerprint density at radius 2 is 1.77 bits per heavy atom. The molecule has 0 heterocycles. The van der Waals surface area contributed by atoms with Crippen LogP contribution in [-0.4, -0.2) is 35.5 Å². The Morgan fingerprint density at radius 1 is 1.16 bits per heavy atom. The van der Waals surface area contributed by atoms with Gasteiger partial charge in [-0.3, -0.25) is 9.59 Å². The van der Waals surface area contributed by atoms with Crippen LogP contribution in [0.15, 0.2) is 23.3 Å². The molecule has 1 unspecified atom stereocenters. The Bertz CT molecular complexity index is 875. The van der Waals surface area contributed by atoms with Crippen LogP contribution in [0.2, 0.25) is 5.02 Å². The molecule has 6 heteroatoms. The maximum Gasteiger partial charge on any atom is 0.154 e. The first kappa shape index (κ1) is 26.9. The molecule has 1 rings (SSSR count). The fourth-order valence-corrected chi connectivity index (χ4v) is 3.38. The van der Waals surface area contributed by atoms with Crippen molar-refractivity contribution in [2.75, 3.05) is 7.11 Å². The molecule has 5 nitrogen and oxygen atoms in total. The molecule has 1 atom stereocenters. The molecule has 0 amide bonds. The molecular formula is C25H35ClO5. The second-order valence-electron chi connectivity index (χ2n) is 8.99. The first-order valence-corrected chi connectivity index (χ1v) is 10.8. The first-order chi connectivity index (χ1) is 14.3. The van der Waals surface area contributed by atoms with Crippen LogP contribution in [0, 0.1) is 12.3 Å². The molecule has 0 saturated heterocycles. The van der Waals surface area contributed by atoms with Gasteiger partial charge in [0.25, 0.3) is 0 Å². The summed E-state index contributed by atoms with van der Waals surface area (Å²) >= 11 is 6.10.